The average Bonchev–Trinajstić information content (AvgIpc) is 2.28. The Morgan fingerprint density at radius 3 is 2.40 bits per heavy atom. The zero-order chi connectivity index (χ0) is 15.1. The van der Waals surface area contributed by atoms with Crippen molar-refractivity contribution in [1.82, 2.24) is 5.32 Å². The summed E-state index contributed by atoms with van der Waals surface area (Å²) in [6, 6.07) is 1.10. The molecular formula is C12H12ClF2NO3S. The Morgan fingerprint density at radius 1 is 1.35 bits per heavy atom. The van der Waals surface area contributed by atoms with Crippen molar-refractivity contribution in [2.45, 2.75) is 36.6 Å². The van der Waals surface area contributed by atoms with Crippen molar-refractivity contribution >= 4 is 25.6 Å². The van der Waals surface area contributed by atoms with E-state index >= 15 is 0 Å². The van der Waals surface area contributed by atoms with Crippen LogP contribution in [0.15, 0.2) is 17.0 Å². The standard InChI is InChI=1S/C12H12ClF2NO3S/c1-12(3-2-4-12)16-11(17)8-5-7(14)6-9(10(8)15)20(13,18)19/h5-6H,2-4H2,1H3,(H,16,17). The van der Waals surface area contributed by atoms with E-state index in [1.54, 1.807) is 6.92 Å². The molecule has 1 aromatic carbocycles. The van der Waals surface area contributed by atoms with E-state index in [0.717, 1.165) is 19.3 Å². The van der Waals surface area contributed by atoms with E-state index in [0.29, 0.717) is 12.1 Å². The summed E-state index contributed by atoms with van der Waals surface area (Å²) in [4.78, 5) is 10.9. The Morgan fingerprint density at radius 2 is 1.95 bits per heavy atom. The number of hydrogen-bond donors (Lipinski definition) is 1. The smallest absolute Gasteiger partial charge is 0.264 e. The topological polar surface area (TPSA) is 63.2 Å². The highest BCUT2D eigenvalue weighted by atomic mass is 35.7. The molecule has 0 atom stereocenters. The summed E-state index contributed by atoms with van der Waals surface area (Å²) in [6.45, 7) is 1.78. The SMILES string of the molecule is CC1(NC(=O)c2cc(F)cc(S(=O)(=O)Cl)c2F)CCC1. The zero-order valence-corrected chi connectivity index (χ0v) is 12.1. The lowest BCUT2D eigenvalue weighted by atomic mass is 9.78. The maximum absolute atomic E-state index is 14.0. The van der Waals surface area contributed by atoms with Gasteiger partial charge in [-0.2, -0.15) is 0 Å². The number of rotatable bonds is 3. The van der Waals surface area contributed by atoms with Crippen LogP contribution in [0.25, 0.3) is 0 Å². The number of nitrogens with one attached hydrogen (secondary N) is 1. The molecule has 0 unspecified atom stereocenters. The van der Waals surface area contributed by atoms with Gasteiger partial charge in [0.15, 0.2) is 5.82 Å². The molecule has 20 heavy (non-hydrogen) atoms. The molecule has 1 aromatic rings. The molecule has 0 saturated heterocycles. The van der Waals surface area contributed by atoms with Crippen LogP contribution >= 0.6 is 10.7 Å². The molecule has 4 nitrogen and oxygen atoms in total. The predicted molar refractivity (Wildman–Crippen MR) is 69.1 cm³/mol. The summed E-state index contributed by atoms with van der Waals surface area (Å²) >= 11 is 0. The summed E-state index contributed by atoms with van der Waals surface area (Å²) in [7, 11) is 0.548. The largest absolute Gasteiger partial charge is 0.347 e. The van der Waals surface area contributed by atoms with Gasteiger partial charge in [0, 0.05) is 16.2 Å². The second kappa shape index (κ2) is 4.96. The number of halogens is 3. The highest BCUT2D eigenvalue weighted by Gasteiger charge is 2.34. The van der Waals surface area contributed by atoms with Gasteiger partial charge in [-0.1, -0.05) is 0 Å². The van der Waals surface area contributed by atoms with Crippen LogP contribution in [0.5, 0.6) is 0 Å². The fraction of sp³-hybridized carbons (Fsp3) is 0.417. The highest BCUT2D eigenvalue weighted by molar-refractivity contribution is 8.13. The second-order valence-corrected chi connectivity index (χ2v) is 7.61. The lowest BCUT2D eigenvalue weighted by Crippen LogP contribution is -2.51. The molecule has 110 valence electrons. The van der Waals surface area contributed by atoms with Crippen molar-refractivity contribution in [2.24, 2.45) is 0 Å². The lowest BCUT2D eigenvalue weighted by molar-refractivity contribution is 0.0845. The quantitative estimate of drug-likeness (QED) is 0.870. The molecule has 0 bridgehead atoms. The Kier molecular flexibility index (Phi) is 3.77. The molecule has 1 fully saturated rings. The normalized spacial score (nSPS) is 17.4. The third-order valence-electron chi connectivity index (χ3n) is 3.38. The van der Waals surface area contributed by atoms with E-state index in [1.807, 2.05) is 0 Å². The number of carbonyl (C=O) groups excluding carboxylic acids is 1. The van der Waals surface area contributed by atoms with Crippen LogP contribution < -0.4 is 5.32 Å². The van der Waals surface area contributed by atoms with E-state index in [-0.39, 0.29) is 0 Å². The van der Waals surface area contributed by atoms with E-state index < -0.39 is 42.6 Å². The summed E-state index contributed by atoms with van der Waals surface area (Å²) in [5, 5.41) is 2.57. The van der Waals surface area contributed by atoms with Crippen LogP contribution in [-0.4, -0.2) is 19.9 Å². The third kappa shape index (κ3) is 2.93. The van der Waals surface area contributed by atoms with E-state index in [9.17, 15) is 22.0 Å². The predicted octanol–water partition coefficient (Wildman–Crippen LogP) is 2.56. The Labute approximate surface area is 119 Å². The van der Waals surface area contributed by atoms with Crippen molar-refractivity contribution in [2.75, 3.05) is 0 Å². The third-order valence-corrected chi connectivity index (χ3v) is 4.70. The van der Waals surface area contributed by atoms with E-state index in [1.165, 1.54) is 0 Å². The Balaban J connectivity index is 2.41. The molecule has 2 rings (SSSR count). The molecule has 1 aliphatic carbocycles. The van der Waals surface area contributed by atoms with Crippen LogP contribution in [0.4, 0.5) is 8.78 Å². The maximum atomic E-state index is 14.0. The minimum Gasteiger partial charge on any atom is -0.347 e. The second-order valence-electron chi connectivity index (χ2n) is 5.07. The lowest BCUT2D eigenvalue weighted by Gasteiger charge is -2.39. The molecule has 1 amide bonds. The molecule has 0 radical (unpaired) electrons. The van der Waals surface area contributed by atoms with E-state index in [4.69, 9.17) is 10.7 Å². The van der Waals surface area contributed by atoms with Crippen LogP contribution in [0.3, 0.4) is 0 Å². The summed E-state index contributed by atoms with van der Waals surface area (Å²) < 4.78 is 49.7. The van der Waals surface area contributed by atoms with Crippen molar-refractivity contribution in [3.63, 3.8) is 0 Å². The molecule has 0 heterocycles. The van der Waals surface area contributed by atoms with Gasteiger partial charge >= 0.3 is 0 Å². The summed E-state index contributed by atoms with van der Waals surface area (Å²) in [5.74, 6) is -3.25. The Hall–Kier alpha value is -1.21. The minimum atomic E-state index is -4.47. The molecule has 0 aromatic heterocycles. The van der Waals surface area contributed by atoms with Gasteiger partial charge in [-0.3, -0.25) is 4.79 Å². The molecule has 1 N–H and O–H groups in total. The van der Waals surface area contributed by atoms with Crippen molar-refractivity contribution in [3.8, 4) is 0 Å². The first-order chi connectivity index (χ1) is 9.12. The van der Waals surface area contributed by atoms with Gasteiger partial charge in [0.1, 0.15) is 10.7 Å². The highest BCUT2D eigenvalue weighted by Crippen LogP contribution is 2.32. The van der Waals surface area contributed by atoms with Crippen LogP contribution in [-0.2, 0) is 9.05 Å². The van der Waals surface area contributed by atoms with Gasteiger partial charge in [-0.15, -0.1) is 0 Å². The zero-order valence-electron chi connectivity index (χ0n) is 10.5. The number of hydrogen-bond acceptors (Lipinski definition) is 3. The van der Waals surface area contributed by atoms with Crippen molar-refractivity contribution < 1.29 is 22.0 Å². The molecule has 1 saturated carbocycles. The van der Waals surface area contributed by atoms with Crippen LogP contribution in [0.1, 0.15) is 36.5 Å². The van der Waals surface area contributed by atoms with Crippen LogP contribution in [0, 0.1) is 11.6 Å². The first kappa shape index (κ1) is 15.2. The van der Waals surface area contributed by atoms with Crippen molar-refractivity contribution in [3.05, 3.63) is 29.3 Å². The first-order valence-corrected chi connectivity index (χ1v) is 8.19. The molecular weight excluding hydrogens is 312 g/mol. The minimum absolute atomic E-state index is 0.444. The van der Waals surface area contributed by atoms with E-state index in [2.05, 4.69) is 5.32 Å². The fourth-order valence-electron chi connectivity index (χ4n) is 2.08. The molecule has 0 spiro atoms. The van der Waals surface area contributed by atoms with Gasteiger partial charge in [-0.05, 0) is 38.3 Å². The first-order valence-electron chi connectivity index (χ1n) is 5.89. The maximum Gasteiger partial charge on any atom is 0.264 e. The number of carbonyl (C=O) groups is 1. The molecule has 1 aliphatic rings. The monoisotopic (exact) mass is 323 g/mol. The van der Waals surface area contributed by atoms with Crippen LogP contribution in [0.2, 0.25) is 0 Å². The van der Waals surface area contributed by atoms with Gasteiger partial charge in [-0.25, -0.2) is 17.2 Å². The van der Waals surface area contributed by atoms with Crippen molar-refractivity contribution in [1.29, 1.82) is 0 Å². The van der Waals surface area contributed by atoms with Gasteiger partial charge in [0.2, 0.25) is 0 Å². The molecule has 8 heteroatoms. The fourth-order valence-corrected chi connectivity index (χ4v) is 2.99. The van der Waals surface area contributed by atoms with Gasteiger partial charge in [0.25, 0.3) is 15.0 Å². The summed E-state index contributed by atoms with van der Waals surface area (Å²) in [6.07, 6.45) is 2.40. The Bertz CT molecular complexity index is 672. The van der Waals surface area contributed by atoms with Gasteiger partial charge in [0.05, 0.1) is 5.56 Å². The number of amides is 1. The molecule has 0 aliphatic heterocycles. The number of benzene rings is 1. The summed E-state index contributed by atoms with van der Waals surface area (Å²) in [5.41, 5.74) is -1.13. The van der Waals surface area contributed by atoms with Gasteiger partial charge < -0.3 is 5.32 Å². The average molecular weight is 324 g/mol.